The SMILES string of the molecule is CC(=O)N[C@@H]1C[CH]CCC1. The van der Waals surface area contributed by atoms with Gasteiger partial charge in [-0.3, -0.25) is 4.79 Å². The molecule has 0 saturated heterocycles. The number of hydrogen-bond donors (Lipinski definition) is 1. The Kier molecular flexibility index (Phi) is 2.72. The molecule has 1 aliphatic rings. The molecule has 1 N–H and O–H groups in total. The molecule has 1 rings (SSSR count). The average Bonchev–Trinajstić information content (AvgIpc) is 1.88. The van der Waals surface area contributed by atoms with Gasteiger partial charge in [-0.05, 0) is 19.3 Å². The number of hydrogen-bond acceptors (Lipinski definition) is 1. The molecule has 1 atom stereocenters. The standard InChI is InChI=1S/C8H14NO/c1-7(10)9-8-5-3-2-4-6-8/h3,8H,2,4-6H2,1H3,(H,9,10)/t8-/m1/s1. The van der Waals surface area contributed by atoms with Crippen molar-refractivity contribution in [2.75, 3.05) is 0 Å². The first-order valence-electron chi connectivity index (χ1n) is 3.88. The number of rotatable bonds is 1. The van der Waals surface area contributed by atoms with E-state index < -0.39 is 0 Å². The van der Waals surface area contributed by atoms with E-state index in [0.29, 0.717) is 6.04 Å². The highest BCUT2D eigenvalue weighted by atomic mass is 16.1. The summed E-state index contributed by atoms with van der Waals surface area (Å²) in [6.45, 7) is 1.58. The van der Waals surface area contributed by atoms with Gasteiger partial charge < -0.3 is 5.32 Å². The van der Waals surface area contributed by atoms with Gasteiger partial charge in [0, 0.05) is 13.0 Å². The fourth-order valence-electron chi connectivity index (χ4n) is 1.36. The van der Waals surface area contributed by atoms with E-state index in [4.69, 9.17) is 0 Å². The van der Waals surface area contributed by atoms with E-state index in [1.807, 2.05) is 0 Å². The van der Waals surface area contributed by atoms with Crippen LogP contribution >= 0.6 is 0 Å². The molecule has 0 aromatic carbocycles. The quantitative estimate of drug-likeness (QED) is 0.584. The molecular formula is C8H14NO. The van der Waals surface area contributed by atoms with Gasteiger partial charge in [-0.2, -0.15) is 0 Å². The number of nitrogens with one attached hydrogen (secondary N) is 1. The van der Waals surface area contributed by atoms with Crippen molar-refractivity contribution in [3.8, 4) is 0 Å². The molecule has 1 radical (unpaired) electrons. The Morgan fingerprint density at radius 3 is 3.00 bits per heavy atom. The summed E-state index contributed by atoms with van der Waals surface area (Å²) in [6.07, 6.45) is 6.90. The third-order valence-electron chi connectivity index (χ3n) is 1.82. The highest BCUT2D eigenvalue weighted by Gasteiger charge is 2.13. The Hall–Kier alpha value is -0.530. The van der Waals surface area contributed by atoms with Gasteiger partial charge in [0.05, 0.1) is 0 Å². The molecule has 2 heteroatoms. The first kappa shape index (κ1) is 7.58. The predicted molar refractivity (Wildman–Crippen MR) is 40.4 cm³/mol. The van der Waals surface area contributed by atoms with Crippen molar-refractivity contribution in [3.63, 3.8) is 0 Å². The lowest BCUT2D eigenvalue weighted by atomic mass is 9.95. The van der Waals surface area contributed by atoms with Crippen LogP contribution in [0.15, 0.2) is 0 Å². The maximum absolute atomic E-state index is 10.6. The van der Waals surface area contributed by atoms with Crippen molar-refractivity contribution >= 4 is 5.91 Å². The van der Waals surface area contributed by atoms with Crippen LogP contribution in [0.5, 0.6) is 0 Å². The first-order chi connectivity index (χ1) is 4.79. The fourth-order valence-corrected chi connectivity index (χ4v) is 1.36. The smallest absolute Gasteiger partial charge is 0.217 e. The molecule has 57 valence electrons. The molecule has 0 bridgehead atoms. The zero-order chi connectivity index (χ0) is 7.40. The van der Waals surface area contributed by atoms with Crippen LogP contribution in [0, 0.1) is 6.42 Å². The summed E-state index contributed by atoms with van der Waals surface area (Å²) in [5, 5.41) is 2.91. The summed E-state index contributed by atoms with van der Waals surface area (Å²) in [6, 6.07) is 0.422. The lowest BCUT2D eigenvalue weighted by molar-refractivity contribution is -0.119. The zero-order valence-electron chi connectivity index (χ0n) is 6.39. The molecule has 0 spiro atoms. The lowest BCUT2D eigenvalue weighted by Gasteiger charge is -2.21. The summed E-state index contributed by atoms with van der Waals surface area (Å²) in [7, 11) is 0. The van der Waals surface area contributed by atoms with Crippen molar-refractivity contribution in [3.05, 3.63) is 6.42 Å². The van der Waals surface area contributed by atoms with Gasteiger partial charge >= 0.3 is 0 Å². The van der Waals surface area contributed by atoms with Crippen LogP contribution in [0.3, 0.4) is 0 Å². The normalized spacial score (nSPS) is 20.5. The second kappa shape index (κ2) is 3.59. The summed E-state index contributed by atoms with van der Waals surface area (Å²) in [5.41, 5.74) is 0. The molecule has 1 aliphatic carbocycles. The van der Waals surface area contributed by atoms with Gasteiger partial charge in [-0.25, -0.2) is 0 Å². The first-order valence-corrected chi connectivity index (χ1v) is 3.88. The predicted octanol–water partition coefficient (Wildman–Crippen LogP) is 1.27. The highest BCUT2D eigenvalue weighted by molar-refractivity contribution is 5.73. The molecule has 1 saturated carbocycles. The molecule has 0 aromatic rings. The Balaban J connectivity index is 2.19. The van der Waals surface area contributed by atoms with Gasteiger partial charge in [0.1, 0.15) is 0 Å². The van der Waals surface area contributed by atoms with E-state index in [2.05, 4.69) is 11.7 Å². The van der Waals surface area contributed by atoms with Crippen LogP contribution in [0.25, 0.3) is 0 Å². The molecule has 2 nitrogen and oxygen atoms in total. The maximum Gasteiger partial charge on any atom is 0.217 e. The van der Waals surface area contributed by atoms with Gasteiger partial charge in [-0.15, -0.1) is 0 Å². The zero-order valence-corrected chi connectivity index (χ0v) is 6.39. The molecular weight excluding hydrogens is 126 g/mol. The molecule has 1 amide bonds. The summed E-state index contributed by atoms with van der Waals surface area (Å²) in [5.74, 6) is 0.0975. The number of carbonyl (C=O) groups excluding carboxylic acids is 1. The van der Waals surface area contributed by atoms with Gasteiger partial charge in [0.25, 0.3) is 0 Å². The van der Waals surface area contributed by atoms with E-state index >= 15 is 0 Å². The van der Waals surface area contributed by atoms with Crippen LogP contribution in [-0.2, 0) is 4.79 Å². The van der Waals surface area contributed by atoms with E-state index in [0.717, 1.165) is 12.8 Å². The van der Waals surface area contributed by atoms with Crippen LogP contribution in [0.4, 0.5) is 0 Å². The summed E-state index contributed by atoms with van der Waals surface area (Å²) < 4.78 is 0. The number of amides is 1. The Bertz CT molecular complexity index is 116. The van der Waals surface area contributed by atoms with Crippen LogP contribution in [0.2, 0.25) is 0 Å². The molecule has 1 fully saturated rings. The highest BCUT2D eigenvalue weighted by Crippen LogP contribution is 2.15. The minimum atomic E-state index is 0.0975. The van der Waals surface area contributed by atoms with Crippen molar-refractivity contribution in [2.24, 2.45) is 0 Å². The van der Waals surface area contributed by atoms with Gasteiger partial charge in [0.2, 0.25) is 5.91 Å². The monoisotopic (exact) mass is 140 g/mol. The summed E-state index contributed by atoms with van der Waals surface area (Å²) in [4.78, 5) is 10.6. The minimum absolute atomic E-state index is 0.0975. The van der Waals surface area contributed by atoms with E-state index in [9.17, 15) is 4.79 Å². The fraction of sp³-hybridized carbons (Fsp3) is 0.750. The molecule has 0 aromatic heterocycles. The molecule has 0 heterocycles. The average molecular weight is 140 g/mol. The van der Waals surface area contributed by atoms with Crippen LogP contribution in [-0.4, -0.2) is 11.9 Å². The van der Waals surface area contributed by atoms with Crippen molar-refractivity contribution in [2.45, 2.75) is 38.6 Å². The van der Waals surface area contributed by atoms with Crippen molar-refractivity contribution in [1.82, 2.24) is 5.32 Å². The van der Waals surface area contributed by atoms with Gasteiger partial charge in [-0.1, -0.05) is 12.8 Å². The van der Waals surface area contributed by atoms with Gasteiger partial charge in [0.15, 0.2) is 0 Å². The molecule has 10 heavy (non-hydrogen) atoms. The molecule has 0 unspecified atom stereocenters. The molecule has 0 aliphatic heterocycles. The minimum Gasteiger partial charge on any atom is -0.354 e. The Labute approximate surface area is 62.0 Å². The van der Waals surface area contributed by atoms with Crippen LogP contribution in [0.1, 0.15) is 32.6 Å². The second-order valence-electron chi connectivity index (χ2n) is 2.85. The number of carbonyl (C=O) groups is 1. The Morgan fingerprint density at radius 1 is 1.70 bits per heavy atom. The van der Waals surface area contributed by atoms with E-state index in [-0.39, 0.29) is 5.91 Å². The van der Waals surface area contributed by atoms with E-state index in [1.165, 1.54) is 12.8 Å². The van der Waals surface area contributed by atoms with Crippen molar-refractivity contribution in [1.29, 1.82) is 0 Å². The Morgan fingerprint density at radius 2 is 2.50 bits per heavy atom. The van der Waals surface area contributed by atoms with E-state index in [1.54, 1.807) is 6.92 Å². The lowest BCUT2D eigenvalue weighted by Crippen LogP contribution is -2.34. The van der Waals surface area contributed by atoms with Crippen molar-refractivity contribution < 1.29 is 4.79 Å². The third-order valence-corrected chi connectivity index (χ3v) is 1.82. The third kappa shape index (κ3) is 2.38. The topological polar surface area (TPSA) is 29.1 Å². The summed E-state index contributed by atoms with van der Waals surface area (Å²) >= 11 is 0. The van der Waals surface area contributed by atoms with Crippen LogP contribution < -0.4 is 5.32 Å². The largest absolute Gasteiger partial charge is 0.354 e. The maximum atomic E-state index is 10.6. The second-order valence-corrected chi connectivity index (χ2v) is 2.85.